The highest BCUT2D eigenvalue weighted by Gasteiger charge is 2.39. The third kappa shape index (κ3) is 2.34. The average Bonchev–Trinajstić information content (AvgIpc) is 3.32. The normalized spacial score (nSPS) is 23.5. The minimum absolute atomic E-state index is 0.209. The van der Waals surface area contributed by atoms with Gasteiger partial charge in [-0.25, -0.2) is 0 Å². The van der Waals surface area contributed by atoms with E-state index in [1.54, 1.807) is 14.2 Å². The number of methoxy groups -OCH3 is 2. The molecule has 0 unspecified atom stereocenters. The molecule has 136 valence electrons. The maximum absolute atomic E-state index is 5.66. The summed E-state index contributed by atoms with van der Waals surface area (Å²) in [6.45, 7) is 1.43. The third-order valence-corrected chi connectivity index (χ3v) is 5.86. The van der Waals surface area contributed by atoms with Gasteiger partial charge in [0.1, 0.15) is 0 Å². The highest BCUT2D eigenvalue weighted by atomic mass is 16.7. The van der Waals surface area contributed by atoms with E-state index in [1.807, 2.05) is 6.07 Å². The Kier molecular flexibility index (Phi) is 3.71. The fraction of sp³-hybridized carbons (Fsp3) is 0.429. The summed E-state index contributed by atoms with van der Waals surface area (Å²) >= 11 is 0. The third-order valence-electron chi connectivity index (χ3n) is 5.86. The molecule has 1 saturated heterocycles. The lowest BCUT2D eigenvalue weighted by molar-refractivity contribution is 0.173. The topological polar surface area (TPSA) is 40.2 Å². The van der Waals surface area contributed by atoms with Crippen LogP contribution in [0.4, 0.5) is 0 Å². The van der Waals surface area contributed by atoms with Crippen LogP contribution < -0.4 is 18.9 Å². The second-order valence-electron chi connectivity index (χ2n) is 7.16. The number of hydrogen-bond acceptors (Lipinski definition) is 5. The van der Waals surface area contributed by atoms with Gasteiger partial charge in [0, 0.05) is 6.04 Å². The summed E-state index contributed by atoms with van der Waals surface area (Å²) in [6.07, 6.45) is 3.57. The molecule has 3 aliphatic heterocycles. The van der Waals surface area contributed by atoms with Crippen molar-refractivity contribution in [3.05, 3.63) is 47.0 Å². The Morgan fingerprint density at radius 3 is 2.62 bits per heavy atom. The van der Waals surface area contributed by atoms with Gasteiger partial charge in [0.05, 0.1) is 20.3 Å². The number of ether oxygens (including phenoxy) is 4. The molecule has 0 aliphatic carbocycles. The minimum Gasteiger partial charge on any atom is -0.493 e. The molecule has 0 N–H and O–H groups in total. The second kappa shape index (κ2) is 6.09. The van der Waals surface area contributed by atoms with E-state index in [9.17, 15) is 0 Å². The molecule has 5 heteroatoms. The zero-order valence-corrected chi connectivity index (χ0v) is 15.2. The predicted molar refractivity (Wildman–Crippen MR) is 97.4 cm³/mol. The molecule has 2 aromatic carbocycles. The highest BCUT2D eigenvalue weighted by Crippen LogP contribution is 2.47. The van der Waals surface area contributed by atoms with Crippen LogP contribution in [0.15, 0.2) is 30.3 Å². The van der Waals surface area contributed by atoms with Gasteiger partial charge in [-0.2, -0.15) is 0 Å². The van der Waals surface area contributed by atoms with Crippen LogP contribution in [0.1, 0.15) is 35.6 Å². The first-order valence-electron chi connectivity index (χ1n) is 9.18. The summed E-state index contributed by atoms with van der Waals surface area (Å²) in [4.78, 5) is 2.63. The molecule has 5 rings (SSSR count). The molecule has 2 aromatic rings. The van der Waals surface area contributed by atoms with Gasteiger partial charge in [0.25, 0.3) is 0 Å². The van der Waals surface area contributed by atoms with Gasteiger partial charge in [0.2, 0.25) is 6.79 Å². The molecular weight excluding hydrogens is 330 g/mol. The van der Waals surface area contributed by atoms with Crippen molar-refractivity contribution in [1.29, 1.82) is 0 Å². The number of nitrogens with zero attached hydrogens (tertiary/aromatic N) is 1. The lowest BCUT2D eigenvalue weighted by Gasteiger charge is -2.40. The smallest absolute Gasteiger partial charge is 0.231 e. The van der Waals surface area contributed by atoms with E-state index in [-0.39, 0.29) is 6.04 Å². The van der Waals surface area contributed by atoms with Gasteiger partial charge >= 0.3 is 0 Å². The van der Waals surface area contributed by atoms with Gasteiger partial charge in [-0.3, -0.25) is 4.90 Å². The van der Waals surface area contributed by atoms with Crippen molar-refractivity contribution in [1.82, 2.24) is 4.90 Å². The Balaban J connectivity index is 1.65. The number of rotatable bonds is 3. The fourth-order valence-electron chi connectivity index (χ4n) is 4.67. The fourth-order valence-corrected chi connectivity index (χ4v) is 4.67. The summed E-state index contributed by atoms with van der Waals surface area (Å²) < 4.78 is 22.2. The predicted octanol–water partition coefficient (Wildman–Crippen LogP) is 3.54. The molecule has 5 nitrogen and oxygen atoms in total. The molecule has 2 atom stereocenters. The standard InChI is InChI=1S/C21H23NO4/c1-23-17-6-5-13(9-18(17)24-2)21-16-11-20-19(25-12-26-20)10-14(16)8-15-4-3-7-22(15)21/h5-6,9-11,15,21H,3-4,7-8,12H2,1-2H3/t15-,21+/m0/s1. The van der Waals surface area contributed by atoms with Gasteiger partial charge < -0.3 is 18.9 Å². The molecule has 0 amide bonds. The average molecular weight is 353 g/mol. The van der Waals surface area contributed by atoms with E-state index in [0.29, 0.717) is 12.8 Å². The van der Waals surface area contributed by atoms with Crippen molar-refractivity contribution in [2.24, 2.45) is 0 Å². The first-order chi connectivity index (χ1) is 12.8. The van der Waals surface area contributed by atoms with Crippen molar-refractivity contribution in [2.45, 2.75) is 31.3 Å². The summed E-state index contributed by atoms with van der Waals surface area (Å²) in [5.41, 5.74) is 3.92. The molecule has 0 aromatic heterocycles. The van der Waals surface area contributed by atoms with E-state index < -0.39 is 0 Å². The van der Waals surface area contributed by atoms with Crippen molar-refractivity contribution in [3.63, 3.8) is 0 Å². The van der Waals surface area contributed by atoms with E-state index in [1.165, 1.54) is 29.5 Å². The Morgan fingerprint density at radius 2 is 1.81 bits per heavy atom. The largest absolute Gasteiger partial charge is 0.493 e. The summed E-state index contributed by atoms with van der Waals surface area (Å²) in [5, 5.41) is 0. The molecule has 26 heavy (non-hydrogen) atoms. The Labute approximate surface area is 153 Å². The highest BCUT2D eigenvalue weighted by molar-refractivity contribution is 5.54. The molecule has 3 aliphatic rings. The second-order valence-corrected chi connectivity index (χ2v) is 7.16. The van der Waals surface area contributed by atoms with Crippen LogP contribution in [0.2, 0.25) is 0 Å². The molecule has 0 spiro atoms. The summed E-state index contributed by atoms with van der Waals surface area (Å²) in [7, 11) is 3.36. The van der Waals surface area contributed by atoms with Gasteiger partial charge in [-0.1, -0.05) is 6.07 Å². The van der Waals surface area contributed by atoms with Crippen molar-refractivity contribution in [2.75, 3.05) is 27.6 Å². The van der Waals surface area contributed by atoms with Crippen LogP contribution in [-0.4, -0.2) is 38.5 Å². The summed E-state index contributed by atoms with van der Waals surface area (Å²) in [6, 6.07) is 11.4. The van der Waals surface area contributed by atoms with E-state index in [2.05, 4.69) is 29.2 Å². The Bertz CT molecular complexity index is 850. The quantitative estimate of drug-likeness (QED) is 0.844. The monoisotopic (exact) mass is 353 g/mol. The zero-order valence-electron chi connectivity index (χ0n) is 15.2. The van der Waals surface area contributed by atoms with E-state index in [4.69, 9.17) is 18.9 Å². The Morgan fingerprint density at radius 1 is 1.00 bits per heavy atom. The molecule has 0 bridgehead atoms. The maximum atomic E-state index is 5.66. The lowest BCUT2D eigenvalue weighted by atomic mass is 9.85. The molecule has 0 radical (unpaired) electrons. The van der Waals surface area contributed by atoms with Gasteiger partial charge in [-0.05, 0) is 66.8 Å². The van der Waals surface area contributed by atoms with Crippen molar-refractivity contribution in [3.8, 4) is 23.0 Å². The lowest BCUT2D eigenvalue weighted by Crippen LogP contribution is -2.39. The van der Waals surface area contributed by atoms with Crippen LogP contribution in [0.5, 0.6) is 23.0 Å². The molecule has 0 saturated carbocycles. The zero-order chi connectivity index (χ0) is 17.7. The summed E-state index contributed by atoms with van der Waals surface area (Å²) in [5.74, 6) is 3.26. The number of hydrogen-bond donors (Lipinski definition) is 0. The molecular formula is C21H23NO4. The SMILES string of the molecule is COc1ccc([C@@H]2c3cc4c(cc3C[C@@H]3CCCN32)OCO4)cc1OC. The van der Waals surface area contributed by atoms with Crippen molar-refractivity contribution >= 4 is 0 Å². The maximum Gasteiger partial charge on any atom is 0.231 e. The van der Waals surface area contributed by atoms with Gasteiger partial charge in [0.15, 0.2) is 23.0 Å². The molecule has 3 heterocycles. The Hall–Kier alpha value is -2.40. The first-order valence-corrected chi connectivity index (χ1v) is 9.18. The van der Waals surface area contributed by atoms with Crippen LogP contribution >= 0.6 is 0 Å². The van der Waals surface area contributed by atoms with Crippen LogP contribution in [0.25, 0.3) is 0 Å². The van der Waals surface area contributed by atoms with Gasteiger partial charge in [-0.15, -0.1) is 0 Å². The number of benzene rings is 2. The van der Waals surface area contributed by atoms with E-state index in [0.717, 1.165) is 36.0 Å². The minimum atomic E-state index is 0.209. The van der Waals surface area contributed by atoms with Crippen LogP contribution in [-0.2, 0) is 6.42 Å². The number of fused-ring (bicyclic) bond motifs is 3. The van der Waals surface area contributed by atoms with Crippen LogP contribution in [0.3, 0.4) is 0 Å². The van der Waals surface area contributed by atoms with Crippen molar-refractivity contribution < 1.29 is 18.9 Å². The molecule has 1 fully saturated rings. The van der Waals surface area contributed by atoms with Crippen LogP contribution in [0, 0.1) is 0 Å². The first kappa shape index (κ1) is 15.8. The van der Waals surface area contributed by atoms with E-state index >= 15 is 0 Å².